The Morgan fingerprint density at radius 1 is 1.88 bits per heavy atom. The van der Waals surface area contributed by atoms with Gasteiger partial charge in [-0.25, -0.2) is 0 Å². The topological polar surface area (TPSA) is 24.4 Å². The van der Waals surface area contributed by atoms with E-state index < -0.39 is 0 Å². The minimum Gasteiger partial charge on any atom is -0.369 e. The minimum absolute atomic E-state index is 0.233. The van der Waals surface area contributed by atoms with E-state index in [4.69, 9.17) is 0 Å². The summed E-state index contributed by atoms with van der Waals surface area (Å²) in [6.07, 6.45) is 3.91. The molecule has 1 atom stereocenters. The Labute approximate surface area is 56.8 Å². The molecule has 0 aromatic rings. The van der Waals surface area contributed by atoms with E-state index in [9.17, 15) is 0 Å². The van der Waals surface area contributed by atoms with Crippen molar-refractivity contribution >= 4 is 22.1 Å². The van der Waals surface area contributed by atoms with E-state index in [-0.39, 0.29) is 6.17 Å². The summed E-state index contributed by atoms with van der Waals surface area (Å²) in [4.78, 5) is 4.06. The predicted octanol–water partition coefficient (Wildman–Crippen LogP) is 1.24. The van der Waals surface area contributed by atoms with Gasteiger partial charge in [-0.2, -0.15) is 0 Å². The molecule has 0 bridgehead atoms. The first-order valence-corrected chi connectivity index (χ1v) is 3.23. The third-order valence-electron chi connectivity index (χ3n) is 0.884. The minimum atomic E-state index is 0.233. The maximum Gasteiger partial charge on any atom is 0.115 e. The van der Waals surface area contributed by atoms with Crippen molar-refractivity contribution in [1.29, 1.82) is 0 Å². The highest BCUT2D eigenvalue weighted by Gasteiger charge is 1.97. The molecule has 0 aliphatic carbocycles. The third kappa shape index (κ3) is 1.33. The van der Waals surface area contributed by atoms with Gasteiger partial charge in [0.15, 0.2) is 0 Å². The van der Waals surface area contributed by atoms with Crippen LogP contribution in [0.3, 0.4) is 0 Å². The number of hydrogen-bond acceptors (Lipinski definition) is 2. The second kappa shape index (κ2) is 2.31. The number of rotatable bonds is 0. The van der Waals surface area contributed by atoms with Gasteiger partial charge in [0.05, 0.1) is 4.48 Å². The highest BCUT2D eigenvalue weighted by Crippen LogP contribution is 2.03. The Morgan fingerprint density at radius 2 is 2.62 bits per heavy atom. The molecular weight excluding hydrogens is 168 g/mol. The van der Waals surface area contributed by atoms with Crippen LogP contribution < -0.4 is 5.32 Å². The van der Waals surface area contributed by atoms with E-state index in [0.717, 1.165) is 4.48 Å². The van der Waals surface area contributed by atoms with Crippen molar-refractivity contribution in [2.75, 3.05) is 0 Å². The van der Waals surface area contributed by atoms with Crippen LogP contribution >= 0.6 is 15.9 Å². The fraction of sp³-hybridized carbons (Fsp3) is 0.400. The molecule has 1 N–H and O–H groups in total. The van der Waals surface area contributed by atoms with Gasteiger partial charge in [-0.1, -0.05) is 0 Å². The predicted molar refractivity (Wildman–Crippen MR) is 38.1 cm³/mol. The fourth-order valence-electron chi connectivity index (χ4n) is 0.464. The van der Waals surface area contributed by atoms with Crippen molar-refractivity contribution in [3.8, 4) is 0 Å². The van der Waals surface area contributed by atoms with Gasteiger partial charge in [0.1, 0.15) is 6.17 Å². The number of allylic oxidation sites excluding steroid dienone is 1. The van der Waals surface area contributed by atoms with Gasteiger partial charge in [-0.3, -0.25) is 4.99 Å². The summed E-state index contributed by atoms with van der Waals surface area (Å²) >= 11 is 3.26. The molecule has 8 heavy (non-hydrogen) atoms. The van der Waals surface area contributed by atoms with Crippen molar-refractivity contribution in [3.63, 3.8) is 0 Å². The maximum absolute atomic E-state index is 4.06. The first-order valence-electron chi connectivity index (χ1n) is 2.44. The first kappa shape index (κ1) is 5.82. The lowest BCUT2D eigenvalue weighted by atomic mass is 10.5. The molecule has 3 heteroatoms. The van der Waals surface area contributed by atoms with Crippen LogP contribution in [0, 0.1) is 0 Å². The summed E-state index contributed by atoms with van der Waals surface area (Å²) in [5, 5.41) is 3.02. The molecule has 0 aromatic heterocycles. The normalized spacial score (nSPS) is 26.8. The van der Waals surface area contributed by atoms with Crippen LogP contribution in [0.4, 0.5) is 0 Å². The zero-order chi connectivity index (χ0) is 5.98. The largest absolute Gasteiger partial charge is 0.369 e. The van der Waals surface area contributed by atoms with Crippen LogP contribution in [-0.2, 0) is 0 Å². The molecule has 0 aromatic carbocycles. The average Bonchev–Trinajstić information content (AvgIpc) is 1.77. The lowest BCUT2D eigenvalue weighted by Crippen LogP contribution is -2.21. The van der Waals surface area contributed by atoms with Crippen LogP contribution in [0.25, 0.3) is 0 Å². The summed E-state index contributed by atoms with van der Waals surface area (Å²) < 4.78 is 0.996. The average molecular weight is 175 g/mol. The van der Waals surface area contributed by atoms with E-state index in [1.54, 1.807) is 6.21 Å². The number of hydrogen-bond donors (Lipinski definition) is 1. The molecule has 2 nitrogen and oxygen atoms in total. The fourth-order valence-corrected chi connectivity index (χ4v) is 0.714. The standard InChI is InChI=1S/C5H7BrN2/c1-4-7-2-5(6)3-8-4/h2-4,7H,1H3. The number of nitrogens with zero attached hydrogens (tertiary/aromatic N) is 1. The molecule has 1 aliphatic rings. The highest BCUT2D eigenvalue weighted by atomic mass is 79.9. The molecule has 0 spiro atoms. The lowest BCUT2D eigenvalue weighted by Gasteiger charge is -2.09. The molecule has 1 heterocycles. The second-order valence-electron chi connectivity index (χ2n) is 1.65. The van der Waals surface area contributed by atoms with Gasteiger partial charge < -0.3 is 5.32 Å². The van der Waals surface area contributed by atoms with Crippen molar-refractivity contribution in [2.24, 2.45) is 4.99 Å². The lowest BCUT2D eigenvalue weighted by molar-refractivity contribution is 0.669. The quantitative estimate of drug-likeness (QED) is 0.588. The van der Waals surface area contributed by atoms with E-state index in [0.29, 0.717) is 0 Å². The molecule has 1 rings (SSSR count). The summed E-state index contributed by atoms with van der Waals surface area (Å²) in [5.74, 6) is 0. The van der Waals surface area contributed by atoms with Crippen molar-refractivity contribution in [3.05, 3.63) is 10.7 Å². The van der Waals surface area contributed by atoms with E-state index in [2.05, 4.69) is 26.2 Å². The Bertz CT molecular complexity index is 139. The van der Waals surface area contributed by atoms with Gasteiger partial charge in [0, 0.05) is 12.4 Å². The monoisotopic (exact) mass is 174 g/mol. The molecule has 1 unspecified atom stereocenters. The van der Waals surface area contributed by atoms with Gasteiger partial charge in [-0.15, -0.1) is 0 Å². The van der Waals surface area contributed by atoms with Crippen molar-refractivity contribution in [2.45, 2.75) is 13.1 Å². The second-order valence-corrected chi connectivity index (χ2v) is 2.57. The third-order valence-corrected chi connectivity index (χ3v) is 1.32. The van der Waals surface area contributed by atoms with Gasteiger partial charge in [0.2, 0.25) is 0 Å². The van der Waals surface area contributed by atoms with Gasteiger partial charge >= 0.3 is 0 Å². The van der Waals surface area contributed by atoms with E-state index >= 15 is 0 Å². The number of aliphatic imine (C=N–C) groups is 1. The zero-order valence-electron chi connectivity index (χ0n) is 4.56. The van der Waals surface area contributed by atoms with Crippen LogP contribution in [0.5, 0.6) is 0 Å². The Morgan fingerprint density at radius 3 is 3.00 bits per heavy atom. The Kier molecular flexibility index (Phi) is 1.68. The molecule has 0 radical (unpaired) electrons. The Balaban J connectivity index is 2.58. The molecule has 0 fully saturated rings. The van der Waals surface area contributed by atoms with Crippen LogP contribution in [0.15, 0.2) is 15.7 Å². The molecule has 0 saturated carbocycles. The molecule has 44 valence electrons. The van der Waals surface area contributed by atoms with Crippen LogP contribution in [0.2, 0.25) is 0 Å². The van der Waals surface area contributed by atoms with E-state index in [1.165, 1.54) is 0 Å². The number of nitrogens with one attached hydrogen (secondary N) is 1. The van der Waals surface area contributed by atoms with Gasteiger partial charge in [-0.05, 0) is 22.9 Å². The molecule has 0 amide bonds. The molecular formula is C5H7BrN2. The SMILES string of the molecule is CC1N=CC(Br)=CN1. The summed E-state index contributed by atoms with van der Waals surface area (Å²) in [6, 6.07) is 0. The van der Waals surface area contributed by atoms with Crippen molar-refractivity contribution < 1.29 is 0 Å². The Hall–Kier alpha value is -0.310. The van der Waals surface area contributed by atoms with Crippen LogP contribution in [-0.4, -0.2) is 12.4 Å². The summed E-state index contributed by atoms with van der Waals surface area (Å²) in [7, 11) is 0. The van der Waals surface area contributed by atoms with Gasteiger partial charge in [0.25, 0.3) is 0 Å². The summed E-state index contributed by atoms with van der Waals surface area (Å²) in [5.41, 5.74) is 0. The zero-order valence-corrected chi connectivity index (χ0v) is 6.14. The van der Waals surface area contributed by atoms with Crippen LogP contribution in [0.1, 0.15) is 6.92 Å². The highest BCUT2D eigenvalue weighted by molar-refractivity contribution is 9.12. The molecule has 1 aliphatic heterocycles. The molecule has 0 saturated heterocycles. The number of halogens is 1. The van der Waals surface area contributed by atoms with E-state index in [1.807, 2.05) is 13.1 Å². The van der Waals surface area contributed by atoms with Crippen molar-refractivity contribution in [1.82, 2.24) is 5.32 Å². The summed E-state index contributed by atoms with van der Waals surface area (Å²) in [6.45, 7) is 1.99. The smallest absolute Gasteiger partial charge is 0.115 e. The maximum atomic E-state index is 4.06. The first-order chi connectivity index (χ1) is 3.79.